The van der Waals surface area contributed by atoms with E-state index < -0.39 is 5.97 Å². The number of ether oxygens (including phenoxy) is 1. The van der Waals surface area contributed by atoms with E-state index in [2.05, 4.69) is 4.74 Å². The van der Waals surface area contributed by atoms with Crippen LogP contribution in [0.1, 0.15) is 12.5 Å². The van der Waals surface area contributed by atoms with Crippen molar-refractivity contribution in [3.05, 3.63) is 39.9 Å². The van der Waals surface area contributed by atoms with E-state index in [-0.39, 0.29) is 0 Å². The summed E-state index contributed by atoms with van der Waals surface area (Å²) in [6, 6.07) is 5.26. The summed E-state index contributed by atoms with van der Waals surface area (Å²) >= 11 is 11.8. The second kappa shape index (κ2) is 5.19. The molecule has 0 fully saturated rings. The van der Waals surface area contributed by atoms with E-state index in [1.54, 1.807) is 25.1 Å². The van der Waals surface area contributed by atoms with Crippen molar-refractivity contribution in [3.63, 3.8) is 0 Å². The normalized spacial score (nSPS) is 11.3. The number of hydrogen-bond acceptors (Lipinski definition) is 2. The Balaban J connectivity index is 3.11. The highest BCUT2D eigenvalue weighted by Crippen LogP contribution is 2.30. The van der Waals surface area contributed by atoms with Gasteiger partial charge >= 0.3 is 5.97 Å². The lowest BCUT2D eigenvalue weighted by Gasteiger charge is -2.05. The van der Waals surface area contributed by atoms with Gasteiger partial charge in [0.1, 0.15) is 0 Å². The zero-order chi connectivity index (χ0) is 11.4. The first-order valence-corrected chi connectivity index (χ1v) is 5.02. The van der Waals surface area contributed by atoms with E-state index in [1.165, 1.54) is 13.2 Å². The highest BCUT2D eigenvalue weighted by atomic mass is 35.5. The molecule has 0 aliphatic carbocycles. The zero-order valence-electron chi connectivity index (χ0n) is 8.38. The van der Waals surface area contributed by atoms with Crippen molar-refractivity contribution < 1.29 is 9.53 Å². The predicted octanol–water partition coefficient (Wildman–Crippen LogP) is 3.57. The van der Waals surface area contributed by atoms with Crippen molar-refractivity contribution in [1.29, 1.82) is 0 Å². The van der Waals surface area contributed by atoms with Crippen LogP contribution in [0.2, 0.25) is 10.0 Å². The standard InChI is InChI=1S/C11H10Cl2O2/c1-7(6-10(14)15-2)8-4-3-5-9(12)11(8)13/h3-6H,1-2H3/b7-6-. The third-order valence-corrected chi connectivity index (χ3v) is 2.73. The molecule has 0 aliphatic rings. The summed E-state index contributed by atoms with van der Waals surface area (Å²) in [7, 11) is 1.33. The molecular weight excluding hydrogens is 235 g/mol. The number of carbonyl (C=O) groups is 1. The largest absolute Gasteiger partial charge is 0.466 e. The van der Waals surface area contributed by atoms with Gasteiger partial charge in [0, 0.05) is 6.08 Å². The van der Waals surface area contributed by atoms with Crippen LogP contribution in [-0.4, -0.2) is 13.1 Å². The molecule has 0 atom stereocenters. The maximum Gasteiger partial charge on any atom is 0.330 e. The van der Waals surface area contributed by atoms with E-state index in [0.717, 1.165) is 5.56 Å². The molecule has 1 rings (SSSR count). The quantitative estimate of drug-likeness (QED) is 0.588. The fourth-order valence-electron chi connectivity index (χ4n) is 1.12. The number of rotatable bonds is 2. The van der Waals surface area contributed by atoms with Crippen LogP contribution in [0.4, 0.5) is 0 Å². The van der Waals surface area contributed by atoms with Crippen molar-refractivity contribution in [2.24, 2.45) is 0 Å². The Morgan fingerprint density at radius 2 is 2.07 bits per heavy atom. The summed E-state index contributed by atoms with van der Waals surface area (Å²) in [5.74, 6) is -0.413. The molecule has 0 unspecified atom stereocenters. The summed E-state index contributed by atoms with van der Waals surface area (Å²) in [6.07, 6.45) is 1.37. The molecule has 0 radical (unpaired) electrons. The molecule has 15 heavy (non-hydrogen) atoms. The lowest BCUT2D eigenvalue weighted by Crippen LogP contribution is -1.96. The number of halogens is 2. The molecule has 0 bridgehead atoms. The lowest BCUT2D eigenvalue weighted by atomic mass is 10.1. The van der Waals surface area contributed by atoms with Gasteiger partial charge in [0.2, 0.25) is 0 Å². The average Bonchev–Trinajstić information content (AvgIpc) is 2.21. The molecule has 1 aromatic carbocycles. The van der Waals surface area contributed by atoms with Crippen molar-refractivity contribution in [3.8, 4) is 0 Å². The van der Waals surface area contributed by atoms with Gasteiger partial charge in [0.05, 0.1) is 17.2 Å². The number of allylic oxidation sites excluding steroid dienone is 1. The predicted molar refractivity (Wildman–Crippen MR) is 62.1 cm³/mol. The van der Waals surface area contributed by atoms with E-state index in [4.69, 9.17) is 23.2 Å². The highest BCUT2D eigenvalue weighted by Gasteiger charge is 2.07. The minimum atomic E-state index is -0.413. The van der Waals surface area contributed by atoms with Crippen LogP contribution in [0.3, 0.4) is 0 Å². The molecule has 0 heterocycles. The van der Waals surface area contributed by atoms with Crippen molar-refractivity contribution >= 4 is 34.7 Å². The Labute approximate surface area is 98.4 Å². The molecule has 0 spiro atoms. The Hall–Kier alpha value is -0.990. The fourth-order valence-corrected chi connectivity index (χ4v) is 1.57. The van der Waals surface area contributed by atoms with Crippen LogP contribution in [0, 0.1) is 0 Å². The molecule has 0 saturated carbocycles. The van der Waals surface area contributed by atoms with E-state index >= 15 is 0 Å². The van der Waals surface area contributed by atoms with Crippen LogP contribution in [0.25, 0.3) is 5.57 Å². The minimum absolute atomic E-state index is 0.413. The minimum Gasteiger partial charge on any atom is -0.466 e. The lowest BCUT2D eigenvalue weighted by molar-refractivity contribution is -0.134. The van der Waals surface area contributed by atoms with Crippen LogP contribution in [0.15, 0.2) is 24.3 Å². The number of benzene rings is 1. The number of esters is 1. The Kier molecular flexibility index (Phi) is 4.18. The van der Waals surface area contributed by atoms with E-state index in [1.807, 2.05) is 0 Å². The van der Waals surface area contributed by atoms with Crippen LogP contribution < -0.4 is 0 Å². The maximum atomic E-state index is 11.0. The first-order chi connectivity index (χ1) is 7.06. The summed E-state index contributed by atoms with van der Waals surface area (Å²) < 4.78 is 4.52. The van der Waals surface area contributed by atoms with Gasteiger partial charge in [0.15, 0.2) is 0 Å². The van der Waals surface area contributed by atoms with Gasteiger partial charge in [-0.25, -0.2) is 4.79 Å². The van der Waals surface area contributed by atoms with E-state index in [0.29, 0.717) is 15.6 Å². The molecule has 1 aromatic rings. The summed E-state index contributed by atoms with van der Waals surface area (Å²) in [5.41, 5.74) is 1.45. The van der Waals surface area contributed by atoms with Crippen LogP contribution in [-0.2, 0) is 9.53 Å². The SMILES string of the molecule is COC(=O)/C=C(/C)c1cccc(Cl)c1Cl. The topological polar surface area (TPSA) is 26.3 Å². The molecule has 0 amide bonds. The molecule has 2 nitrogen and oxygen atoms in total. The molecule has 80 valence electrons. The maximum absolute atomic E-state index is 11.0. The average molecular weight is 245 g/mol. The van der Waals surface area contributed by atoms with Gasteiger partial charge in [-0.1, -0.05) is 35.3 Å². The second-order valence-electron chi connectivity index (χ2n) is 2.95. The third-order valence-electron chi connectivity index (χ3n) is 1.91. The van der Waals surface area contributed by atoms with Crippen molar-refractivity contribution in [2.45, 2.75) is 6.92 Å². The molecule has 0 saturated heterocycles. The van der Waals surface area contributed by atoms with Gasteiger partial charge < -0.3 is 4.74 Å². The van der Waals surface area contributed by atoms with Gasteiger partial charge in [-0.05, 0) is 24.1 Å². The molecule has 0 N–H and O–H groups in total. The van der Waals surface area contributed by atoms with Gasteiger partial charge in [-0.3, -0.25) is 0 Å². The Morgan fingerprint density at radius 3 is 2.67 bits per heavy atom. The van der Waals surface area contributed by atoms with Crippen LogP contribution >= 0.6 is 23.2 Å². The van der Waals surface area contributed by atoms with Crippen molar-refractivity contribution in [2.75, 3.05) is 7.11 Å². The highest BCUT2D eigenvalue weighted by molar-refractivity contribution is 6.43. The van der Waals surface area contributed by atoms with Gasteiger partial charge in [-0.2, -0.15) is 0 Å². The number of carbonyl (C=O) groups excluding carboxylic acids is 1. The Morgan fingerprint density at radius 1 is 1.40 bits per heavy atom. The second-order valence-corrected chi connectivity index (χ2v) is 3.74. The fraction of sp³-hybridized carbons (Fsp3) is 0.182. The molecular formula is C11H10Cl2O2. The smallest absolute Gasteiger partial charge is 0.330 e. The Bertz CT molecular complexity index is 411. The van der Waals surface area contributed by atoms with E-state index in [9.17, 15) is 4.79 Å². The first-order valence-electron chi connectivity index (χ1n) is 4.27. The summed E-state index contributed by atoms with van der Waals surface area (Å²) in [5, 5.41) is 0.906. The van der Waals surface area contributed by atoms with Crippen LogP contribution in [0.5, 0.6) is 0 Å². The number of methoxy groups -OCH3 is 1. The van der Waals surface area contributed by atoms with Crippen molar-refractivity contribution in [1.82, 2.24) is 0 Å². The first kappa shape index (κ1) is 12.1. The molecule has 4 heteroatoms. The third kappa shape index (κ3) is 2.98. The van der Waals surface area contributed by atoms with Gasteiger partial charge in [-0.15, -0.1) is 0 Å². The molecule has 0 aliphatic heterocycles. The summed E-state index contributed by atoms with van der Waals surface area (Å²) in [4.78, 5) is 11.0. The number of hydrogen-bond donors (Lipinski definition) is 0. The summed E-state index contributed by atoms with van der Waals surface area (Å²) in [6.45, 7) is 1.77. The van der Waals surface area contributed by atoms with Gasteiger partial charge in [0.25, 0.3) is 0 Å². The monoisotopic (exact) mass is 244 g/mol. The molecule has 0 aromatic heterocycles. The zero-order valence-corrected chi connectivity index (χ0v) is 9.89.